The molecule has 1 amide bonds. The minimum atomic E-state index is -3.67. The molecule has 1 saturated carbocycles. The van der Waals surface area contributed by atoms with Crippen LogP contribution in [0.25, 0.3) is 5.76 Å². The Morgan fingerprint density at radius 3 is 2.39 bits per heavy atom. The summed E-state index contributed by atoms with van der Waals surface area (Å²) in [6.45, 7) is -6.29. The van der Waals surface area contributed by atoms with E-state index in [9.17, 15) is 45.0 Å². The molecule has 176 valence electrons. The third-order valence-corrected chi connectivity index (χ3v) is 6.76. The lowest BCUT2D eigenvalue weighted by Gasteiger charge is -2.55. The standard InChI is InChI=1S/C22H24N2O9/c1-21(32)7-5-4-6-8(25)9(7)15(26)10-12(21)17(28)13-14(24(2)3)16(27)11(20(23)31)19(30)22(13,33)18(10)29/h4-6,12-14,17,25-26,28,30,32-33H,1-3H3,(H2,23,31)/t12?,13?,14-,17-,21+,22-/m0/s1/i2D3,3D3. The van der Waals surface area contributed by atoms with Gasteiger partial charge in [-0.05, 0) is 32.5 Å². The maximum absolute atomic E-state index is 13.9. The molecule has 4 rings (SSSR count). The second kappa shape index (κ2) is 6.87. The number of phenols is 1. The topological polar surface area (TPSA) is 202 Å². The molecule has 2 unspecified atom stereocenters. The molecule has 0 radical (unpaired) electrons. The molecule has 3 aliphatic carbocycles. The number of likely N-dealkylation sites (N-methyl/N-ethyl adjacent to an activating group) is 1. The number of hydrogen-bond acceptors (Lipinski definition) is 10. The van der Waals surface area contributed by atoms with Crippen molar-refractivity contribution >= 4 is 23.2 Å². The van der Waals surface area contributed by atoms with Gasteiger partial charge in [-0.1, -0.05) is 12.1 Å². The molecule has 33 heavy (non-hydrogen) atoms. The van der Waals surface area contributed by atoms with Crippen LogP contribution in [0.15, 0.2) is 35.1 Å². The number of aromatic hydroxyl groups is 1. The molecule has 1 aromatic carbocycles. The van der Waals surface area contributed by atoms with E-state index in [1.807, 2.05) is 0 Å². The highest BCUT2D eigenvalue weighted by molar-refractivity contribution is 6.24. The highest BCUT2D eigenvalue weighted by atomic mass is 16.4. The predicted molar refractivity (Wildman–Crippen MR) is 112 cm³/mol. The fraction of sp³-hybridized carbons (Fsp3) is 0.409. The minimum Gasteiger partial charge on any atom is -0.508 e. The monoisotopic (exact) mass is 466 g/mol. The summed E-state index contributed by atoms with van der Waals surface area (Å²) in [5.41, 5.74) is -3.91. The zero-order valence-electron chi connectivity index (χ0n) is 23.0. The molecule has 0 spiro atoms. The third-order valence-electron chi connectivity index (χ3n) is 6.76. The van der Waals surface area contributed by atoms with E-state index in [0.29, 0.717) is 0 Å². The van der Waals surface area contributed by atoms with Crippen LogP contribution in [-0.4, -0.2) is 84.7 Å². The Bertz CT molecular complexity index is 1370. The van der Waals surface area contributed by atoms with Crippen LogP contribution in [0.1, 0.15) is 26.3 Å². The van der Waals surface area contributed by atoms with Gasteiger partial charge in [-0.3, -0.25) is 19.3 Å². The van der Waals surface area contributed by atoms with Crippen molar-refractivity contribution in [1.82, 2.24) is 4.90 Å². The van der Waals surface area contributed by atoms with Crippen LogP contribution in [0.2, 0.25) is 0 Å². The lowest BCUT2D eigenvalue weighted by molar-refractivity contribution is -0.181. The van der Waals surface area contributed by atoms with Gasteiger partial charge in [0.2, 0.25) is 5.78 Å². The number of carbonyl (C=O) groups is 3. The fourth-order valence-corrected chi connectivity index (χ4v) is 5.32. The number of rotatable bonds is 2. The number of Topliss-reactive ketones (excluding diaryl/α,β-unsaturated/α-hetero) is 2. The van der Waals surface area contributed by atoms with Crippen LogP contribution in [0, 0.1) is 11.8 Å². The zero-order chi connectivity index (χ0) is 29.8. The van der Waals surface area contributed by atoms with Crippen molar-refractivity contribution in [2.45, 2.75) is 30.3 Å². The molecule has 1 fully saturated rings. The summed E-state index contributed by atoms with van der Waals surface area (Å²) in [6, 6.07) is 0.885. The normalized spacial score (nSPS) is 39.4. The zero-order valence-corrected chi connectivity index (χ0v) is 17.0. The molecule has 8 N–H and O–H groups in total. The number of carbonyl (C=O) groups excluding carboxylic acids is 3. The molecule has 0 heterocycles. The molecule has 0 aromatic heterocycles. The number of nitrogens with zero attached hydrogens (tertiary/aromatic N) is 1. The Labute approximate surface area is 196 Å². The minimum absolute atomic E-state index is 0.217. The number of fused-ring (bicyclic) bond motifs is 3. The molecule has 11 heteroatoms. The summed E-state index contributed by atoms with van der Waals surface area (Å²) in [4.78, 5) is 39.1. The van der Waals surface area contributed by atoms with E-state index in [1.54, 1.807) is 0 Å². The largest absolute Gasteiger partial charge is 0.508 e. The van der Waals surface area contributed by atoms with Gasteiger partial charge >= 0.3 is 0 Å². The number of aliphatic hydroxyl groups is 5. The Kier molecular flexibility index (Phi) is 3.41. The van der Waals surface area contributed by atoms with E-state index in [4.69, 9.17) is 14.0 Å². The number of phenolic OH excluding ortho intramolecular Hbond substituents is 1. The van der Waals surface area contributed by atoms with Gasteiger partial charge in [-0.25, -0.2) is 0 Å². The fourth-order valence-electron chi connectivity index (χ4n) is 5.32. The van der Waals surface area contributed by atoms with Crippen molar-refractivity contribution in [3.8, 4) is 5.75 Å². The first kappa shape index (κ1) is 16.4. The van der Waals surface area contributed by atoms with Gasteiger partial charge < -0.3 is 36.4 Å². The Hall–Kier alpha value is -3.25. The van der Waals surface area contributed by atoms with Gasteiger partial charge in [0.15, 0.2) is 11.4 Å². The van der Waals surface area contributed by atoms with Crippen LogP contribution < -0.4 is 5.73 Å². The van der Waals surface area contributed by atoms with Crippen LogP contribution in [0.5, 0.6) is 5.75 Å². The molecule has 0 saturated heterocycles. The number of hydrogen-bond donors (Lipinski definition) is 7. The maximum Gasteiger partial charge on any atom is 0.255 e. The summed E-state index contributed by atoms with van der Waals surface area (Å²) >= 11 is 0. The smallest absolute Gasteiger partial charge is 0.255 e. The second-order valence-electron chi connectivity index (χ2n) is 8.47. The quantitative estimate of drug-likeness (QED) is 0.254. The molecule has 0 aliphatic heterocycles. The number of benzene rings is 1. The molecular weight excluding hydrogens is 436 g/mol. The van der Waals surface area contributed by atoms with E-state index in [1.165, 1.54) is 12.1 Å². The van der Waals surface area contributed by atoms with Gasteiger partial charge in [0, 0.05) is 8.22 Å². The van der Waals surface area contributed by atoms with Crippen LogP contribution in [0.4, 0.5) is 0 Å². The maximum atomic E-state index is 13.9. The first-order chi connectivity index (χ1) is 17.6. The summed E-state index contributed by atoms with van der Waals surface area (Å²) in [7, 11) is 0. The number of aliphatic hydroxyl groups excluding tert-OH is 3. The average Bonchev–Trinajstić information content (AvgIpc) is 2.76. The molecule has 11 nitrogen and oxygen atoms in total. The number of nitrogens with two attached hydrogens (primary N) is 1. The van der Waals surface area contributed by atoms with Crippen molar-refractivity contribution in [2.75, 3.05) is 14.0 Å². The Morgan fingerprint density at radius 1 is 1.18 bits per heavy atom. The first-order valence-electron chi connectivity index (χ1n) is 12.6. The first-order valence-corrected chi connectivity index (χ1v) is 9.63. The highest BCUT2D eigenvalue weighted by Crippen LogP contribution is 2.57. The lowest BCUT2D eigenvalue weighted by atomic mass is 9.53. The predicted octanol–water partition coefficient (Wildman–Crippen LogP) is -1.40. The molecule has 6 atom stereocenters. The summed E-state index contributed by atoms with van der Waals surface area (Å²) < 4.78 is 46.6. The van der Waals surface area contributed by atoms with Gasteiger partial charge in [-0.15, -0.1) is 0 Å². The van der Waals surface area contributed by atoms with Crippen LogP contribution in [0.3, 0.4) is 0 Å². The number of ketones is 2. The molecular formula is C22H24N2O9. The second-order valence-corrected chi connectivity index (χ2v) is 8.47. The molecule has 0 bridgehead atoms. The van der Waals surface area contributed by atoms with Crippen molar-refractivity contribution in [1.29, 1.82) is 0 Å². The summed E-state index contributed by atoms with van der Waals surface area (Å²) in [5.74, 6) is -13.0. The van der Waals surface area contributed by atoms with Gasteiger partial charge in [0.1, 0.15) is 22.8 Å². The van der Waals surface area contributed by atoms with Crippen molar-refractivity contribution in [2.24, 2.45) is 17.6 Å². The van der Waals surface area contributed by atoms with E-state index < -0.39 is 101 Å². The van der Waals surface area contributed by atoms with E-state index >= 15 is 0 Å². The Balaban J connectivity index is 2.14. The summed E-state index contributed by atoms with van der Waals surface area (Å²) in [6.07, 6.45) is -2.42. The van der Waals surface area contributed by atoms with Crippen molar-refractivity contribution in [3.63, 3.8) is 0 Å². The van der Waals surface area contributed by atoms with E-state index in [2.05, 4.69) is 0 Å². The summed E-state index contributed by atoms with van der Waals surface area (Å²) in [5, 5.41) is 67.0. The highest BCUT2D eigenvalue weighted by Gasteiger charge is 2.70. The Morgan fingerprint density at radius 2 is 1.82 bits per heavy atom. The SMILES string of the molecule is [2H]C([2H])([2H])N([C@@H]1C(=O)C(C(N)=O)=C(O)[C@@]2(O)C(=O)C3=C(O)c4c(O)cccc4[C@@](C)(O)C3[C@H](O)C12)C([2H])([2H])[2H]. The van der Waals surface area contributed by atoms with E-state index in [0.717, 1.165) is 13.0 Å². The lowest BCUT2D eigenvalue weighted by Crippen LogP contribution is -2.71. The molecule has 3 aliphatic rings. The van der Waals surface area contributed by atoms with E-state index in [-0.39, 0.29) is 10.5 Å². The average molecular weight is 466 g/mol. The number of amides is 1. The van der Waals surface area contributed by atoms with Crippen molar-refractivity contribution in [3.05, 3.63) is 46.2 Å². The van der Waals surface area contributed by atoms with Gasteiger partial charge in [0.05, 0.1) is 40.7 Å². The van der Waals surface area contributed by atoms with Gasteiger partial charge in [-0.2, -0.15) is 0 Å². The van der Waals surface area contributed by atoms with Crippen LogP contribution in [-0.2, 0) is 20.0 Å². The van der Waals surface area contributed by atoms with Gasteiger partial charge in [0.25, 0.3) is 5.91 Å². The third kappa shape index (κ3) is 2.61. The number of primary amides is 1. The van der Waals surface area contributed by atoms with Crippen molar-refractivity contribution < 1.29 is 53.2 Å². The van der Waals surface area contributed by atoms with Crippen LogP contribution >= 0.6 is 0 Å². The molecule has 1 aromatic rings.